The lowest BCUT2D eigenvalue weighted by Crippen LogP contribution is -2.58. The summed E-state index contributed by atoms with van der Waals surface area (Å²) in [5, 5.41) is 16.7. The van der Waals surface area contributed by atoms with E-state index in [1.165, 1.54) is 11.3 Å². The van der Waals surface area contributed by atoms with Crippen molar-refractivity contribution in [3.63, 3.8) is 0 Å². The van der Waals surface area contributed by atoms with Crippen molar-refractivity contribution in [2.24, 2.45) is 5.92 Å². The zero-order chi connectivity index (χ0) is 18.0. The van der Waals surface area contributed by atoms with Gasteiger partial charge in [0, 0.05) is 11.9 Å². The molecule has 2 amide bonds. The van der Waals surface area contributed by atoms with E-state index in [2.05, 4.69) is 5.32 Å². The van der Waals surface area contributed by atoms with Gasteiger partial charge in [-0.3, -0.25) is 9.59 Å². The molecule has 25 heavy (non-hydrogen) atoms. The quantitative estimate of drug-likeness (QED) is 0.830. The van der Waals surface area contributed by atoms with Gasteiger partial charge in [-0.05, 0) is 36.6 Å². The summed E-state index contributed by atoms with van der Waals surface area (Å²) in [6.45, 7) is 4.94. The summed E-state index contributed by atoms with van der Waals surface area (Å²) in [4.78, 5) is 27.3. The third-order valence-electron chi connectivity index (χ3n) is 4.88. The Hall–Kier alpha value is -1.44. The Morgan fingerprint density at radius 2 is 2.28 bits per heavy atom. The highest BCUT2D eigenvalue weighted by atomic mass is 32.1. The minimum atomic E-state index is -0.651. The SMILES string of the molecule is CC(C)C[C@H](NC(=O)c1ccsc1)C(=O)N1CCCC2OCC(O)[C@H]21. The number of thiophene rings is 1. The molecule has 7 heteroatoms. The number of rotatable bonds is 5. The van der Waals surface area contributed by atoms with Crippen LogP contribution in [0.1, 0.15) is 43.5 Å². The number of nitrogens with zero attached hydrogens (tertiary/aromatic N) is 1. The lowest BCUT2D eigenvalue weighted by atomic mass is 9.94. The molecule has 2 aliphatic rings. The predicted octanol–water partition coefficient (Wildman–Crippen LogP) is 1.64. The van der Waals surface area contributed by atoms with Crippen LogP contribution in [0.3, 0.4) is 0 Å². The Labute approximate surface area is 152 Å². The van der Waals surface area contributed by atoms with Crippen LogP contribution < -0.4 is 5.32 Å². The van der Waals surface area contributed by atoms with Crippen LogP contribution in [0.5, 0.6) is 0 Å². The van der Waals surface area contributed by atoms with Crippen molar-refractivity contribution >= 4 is 23.2 Å². The van der Waals surface area contributed by atoms with Crippen molar-refractivity contribution in [2.45, 2.75) is 57.4 Å². The highest BCUT2D eigenvalue weighted by molar-refractivity contribution is 7.08. The first-order chi connectivity index (χ1) is 12.0. The average molecular weight is 366 g/mol. The van der Waals surface area contributed by atoms with Crippen molar-refractivity contribution in [2.75, 3.05) is 13.2 Å². The van der Waals surface area contributed by atoms with Gasteiger partial charge in [-0.15, -0.1) is 0 Å². The fraction of sp³-hybridized carbons (Fsp3) is 0.667. The summed E-state index contributed by atoms with van der Waals surface area (Å²) < 4.78 is 5.62. The summed E-state index contributed by atoms with van der Waals surface area (Å²) in [5.74, 6) is -0.0735. The summed E-state index contributed by atoms with van der Waals surface area (Å²) in [7, 11) is 0. The molecular formula is C18H26N2O4S. The number of ether oxygens (including phenoxy) is 1. The molecule has 2 fully saturated rings. The summed E-state index contributed by atoms with van der Waals surface area (Å²) >= 11 is 1.45. The lowest BCUT2D eigenvalue weighted by Gasteiger charge is -2.39. The second-order valence-electron chi connectivity index (χ2n) is 7.27. The Kier molecular flexibility index (Phi) is 5.76. The molecule has 0 bridgehead atoms. The molecular weight excluding hydrogens is 340 g/mol. The summed E-state index contributed by atoms with van der Waals surface area (Å²) in [6.07, 6.45) is 1.54. The van der Waals surface area contributed by atoms with E-state index in [0.29, 0.717) is 18.5 Å². The van der Waals surface area contributed by atoms with Gasteiger partial charge in [-0.1, -0.05) is 13.8 Å². The van der Waals surface area contributed by atoms with E-state index < -0.39 is 12.1 Å². The molecule has 0 saturated carbocycles. The van der Waals surface area contributed by atoms with Crippen LogP contribution in [0.4, 0.5) is 0 Å². The first-order valence-electron chi connectivity index (χ1n) is 8.90. The highest BCUT2D eigenvalue weighted by Crippen LogP contribution is 2.29. The van der Waals surface area contributed by atoms with Crippen LogP contribution in [0.15, 0.2) is 16.8 Å². The second kappa shape index (κ2) is 7.85. The molecule has 0 aromatic carbocycles. The zero-order valence-electron chi connectivity index (χ0n) is 14.7. The molecule has 2 N–H and O–H groups in total. The van der Waals surface area contributed by atoms with Crippen molar-refractivity contribution in [3.8, 4) is 0 Å². The first-order valence-corrected chi connectivity index (χ1v) is 9.85. The number of hydrogen-bond donors (Lipinski definition) is 2. The number of aliphatic hydroxyl groups excluding tert-OH is 1. The minimum absolute atomic E-state index is 0.0972. The number of piperidine rings is 1. The fourth-order valence-electron chi connectivity index (χ4n) is 3.73. The first kappa shape index (κ1) is 18.4. The maximum atomic E-state index is 13.2. The standard InChI is InChI=1S/C18H26N2O4S/c1-11(2)8-13(19-17(22)12-5-7-25-10-12)18(23)20-6-3-4-15-16(20)14(21)9-24-15/h5,7,10-11,13-16,21H,3-4,6,8-9H2,1-2H3,(H,19,22)/t13-,14?,15?,16+/m0/s1. The number of hydrogen-bond acceptors (Lipinski definition) is 5. The van der Waals surface area contributed by atoms with Crippen LogP contribution in [-0.4, -0.2) is 59.3 Å². The van der Waals surface area contributed by atoms with Gasteiger partial charge in [0.2, 0.25) is 5.91 Å². The van der Waals surface area contributed by atoms with Gasteiger partial charge >= 0.3 is 0 Å². The van der Waals surface area contributed by atoms with Gasteiger partial charge in [0.15, 0.2) is 0 Å². The van der Waals surface area contributed by atoms with Gasteiger partial charge in [-0.25, -0.2) is 0 Å². The van der Waals surface area contributed by atoms with Gasteiger partial charge < -0.3 is 20.1 Å². The maximum Gasteiger partial charge on any atom is 0.252 e. The van der Waals surface area contributed by atoms with E-state index in [1.54, 1.807) is 16.3 Å². The Bertz CT molecular complexity index is 602. The largest absolute Gasteiger partial charge is 0.388 e. The van der Waals surface area contributed by atoms with Crippen molar-refractivity contribution in [1.82, 2.24) is 10.2 Å². The summed E-state index contributed by atoms with van der Waals surface area (Å²) in [6, 6.07) is 0.871. The van der Waals surface area contributed by atoms with E-state index in [9.17, 15) is 14.7 Å². The van der Waals surface area contributed by atoms with Crippen LogP contribution in [-0.2, 0) is 9.53 Å². The molecule has 4 atom stereocenters. The van der Waals surface area contributed by atoms with Crippen molar-refractivity contribution in [3.05, 3.63) is 22.4 Å². The molecule has 1 aromatic heterocycles. The lowest BCUT2D eigenvalue weighted by molar-refractivity contribution is -0.141. The summed E-state index contributed by atoms with van der Waals surface area (Å²) in [5.41, 5.74) is 0.576. The molecule has 138 valence electrons. The average Bonchev–Trinajstić information content (AvgIpc) is 3.23. The van der Waals surface area contributed by atoms with Gasteiger partial charge in [0.25, 0.3) is 5.91 Å². The van der Waals surface area contributed by atoms with Crippen LogP contribution >= 0.6 is 11.3 Å². The molecule has 1 aromatic rings. The fourth-order valence-corrected chi connectivity index (χ4v) is 4.36. The van der Waals surface area contributed by atoms with Crippen molar-refractivity contribution < 1.29 is 19.4 Å². The Balaban J connectivity index is 1.75. The number of amides is 2. The Morgan fingerprint density at radius 1 is 1.48 bits per heavy atom. The number of nitrogens with one attached hydrogen (secondary N) is 1. The number of carbonyl (C=O) groups is 2. The highest BCUT2D eigenvalue weighted by Gasteiger charge is 2.45. The van der Waals surface area contributed by atoms with E-state index in [-0.39, 0.29) is 36.5 Å². The second-order valence-corrected chi connectivity index (χ2v) is 8.05. The molecule has 2 saturated heterocycles. The molecule has 0 spiro atoms. The Morgan fingerprint density at radius 3 is 2.96 bits per heavy atom. The number of carbonyl (C=O) groups excluding carboxylic acids is 2. The number of fused-ring (bicyclic) bond motifs is 1. The molecule has 0 aliphatic carbocycles. The third-order valence-corrected chi connectivity index (χ3v) is 5.56. The van der Waals surface area contributed by atoms with Crippen LogP contribution in [0.2, 0.25) is 0 Å². The van der Waals surface area contributed by atoms with Gasteiger partial charge in [0.05, 0.1) is 24.3 Å². The molecule has 2 unspecified atom stereocenters. The zero-order valence-corrected chi connectivity index (χ0v) is 15.5. The number of aliphatic hydroxyl groups is 1. The third kappa shape index (κ3) is 4.04. The molecule has 0 radical (unpaired) electrons. The number of likely N-dealkylation sites (tertiary alicyclic amines) is 1. The smallest absolute Gasteiger partial charge is 0.252 e. The van der Waals surface area contributed by atoms with Gasteiger partial charge in [-0.2, -0.15) is 11.3 Å². The predicted molar refractivity (Wildman–Crippen MR) is 95.5 cm³/mol. The van der Waals surface area contributed by atoms with E-state index in [4.69, 9.17) is 4.74 Å². The molecule has 2 aliphatic heterocycles. The molecule has 3 heterocycles. The monoisotopic (exact) mass is 366 g/mol. The van der Waals surface area contributed by atoms with Crippen LogP contribution in [0, 0.1) is 5.92 Å². The molecule has 6 nitrogen and oxygen atoms in total. The normalized spacial score (nSPS) is 27.2. The van der Waals surface area contributed by atoms with E-state index in [0.717, 1.165) is 12.8 Å². The van der Waals surface area contributed by atoms with Gasteiger partial charge in [0.1, 0.15) is 12.1 Å². The molecule has 3 rings (SSSR count). The van der Waals surface area contributed by atoms with Crippen molar-refractivity contribution in [1.29, 1.82) is 0 Å². The minimum Gasteiger partial charge on any atom is -0.388 e. The van der Waals surface area contributed by atoms with E-state index in [1.807, 2.05) is 19.2 Å². The van der Waals surface area contributed by atoms with Crippen LogP contribution in [0.25, 0.3) is 0 Å². The topological polar surface area (TPSA) is 78.9 Å². The maximum absolute atomic E-state index is 13.2. The van der Waals surface area contributed by atoms with E-state index >= 15 is 0 Å².